The lowest BCUT2D eigenvalue weighted by Gasteiger charge is -2.36. The van der Waals surface area contributed by atoms with Crippen LogP contribution >= 0.6 is 11.3 Å². The van der Waals surface area contributed by atoms with E-state index in [0.29, 0.717) is 49.7 Å². The van der Waals surface area contributed by atoms with E-state index in [9.17, 15) is 48.2 Å². The van der Waals surface area contributed by atoms with Crippen molar-refractivity contribution in [2.45, 2.75) is 102 Å². The van der Waals surface area contributed by atoms with Crippen molar-refractivity contribution in [2.24, 2.45) is 5.41 Å². The molecule has 1 aliphatic heterocycles. The van der Waals surface area contributed by atoms with Gasteiger partial charge >= 0.3 is 0 Å². The Labute approximate surface area is 513 Å². The second-order valence-electron chi connectivity index (χ2n) is 23.2. The summed E-state index contributed by atoms with van der Waals surface area (Å²) in [6.45, 7) is 9.33. The van der Waals surface area contributed by atoms with Gasteiger partial charge in [-0.25, -0.2) is 9.37 Å². The highest BCUT2D eigenvalue weighted by Crippen LogP contribution is 2.41. The van der Waals surface area contributed by atoms with Crippen LogP contribution in [0.25, 0.3) is 21.8 Å². The van der Waals surface area contributed by atoms with Crippen LogP contribution < -0.4 is 31.3 Å². The predicted molar refractivity (Wildman–Crippen MR) is 320 cm³/mol. The molecule has 8 rings (SSSR count). The summed E-state index contributed by atoms with van der Waals surface area (Å²) >= 11 is 1.49. The Balaban J connectivity index is 0.671. The number of β-amino-alcohol motifs (C(OH)–C–C–N with tert-alkyl or cyclic N) is 1. The standard InChI is InChI=1S/C62H78FN9O15S/c1-37-54(88-36-66-37)40-9-7-39(8-10-40)47(68-57(78)49-30-42(73)34-72(49)59(80)55(61(2,3)4)69-60(81)62(63)17-18-62)33-52(75)64-19-21-82-23-25-84-27-28-85-26-24-83-22-20-65-53(76)35-86-43-14-11-38-13-16-46(45(38)31-43)67-56(77)48-32-51(87-70-48)41-12-15-44(50(74)29-41)58(79)71(5)6/h7-12,14-15,29,31-32,36,42,46-47,49,55,73-74H,13,16-28,30,33-35H2,1-6H3,(H,64,75)(H,65,76)(H,67,77)(H,68,78)(H,69,81)/t42-,46-,47+,49+,55-/m1/s1. The molecule has 0 spiro atoms. The fourth-order valence-corrected chi connectivity index (χ4v) is 10.9. The van der Waals surface area contributed by atoms with E-state index in [4.69, 9.17) is 28.2 Å². The summed E-state index contributed by atoms with van der Waals surface area (Å²) in [4.78, 5) is 100. The maximum atomic E-state index is 14.7. The highest BCUT2D eigenvalue weighted by molar-refractivity contribution is 7.13. The molecule has 3 aromatic carbocycles. The maximum Gasteiger partial charge on any atom is 0.273 e. The van der Waals surface area contributed by atoms with Crippen molar-refractivity contribution in [3.8, 4) is 33.3 Å². The molecule has 1 saturated carbocycles. The van der Waals surface area contributed by atoms with Gasteiger partial charge in [0.05, 0.1) is 99.1 Å². The second-order valence-corrected chi connectivity index (χ2v) is 24.0. The van der Waals surface area contributed by atoms with Gasteiger partial charge in [-0.1, -0.05) is 62.3 Å². The first-order valence-corrected chi connectivity index (χ1v) is 30.2. The predicted octanol–water partition coefficient (Wildman–Crippen LogP) is 4.52. The molecule has 7 N–H and O–H groups in total. The number of thiazole rings is 1. The monoisotopic (exact) mass is 1240 g/mol. The van der Waals surface area contributed by atoms with E-state index in [0.717, 1.165) is 33.7 Å². The van der Waals surface area contributed by atoms with Crippen molar-refractivity contribution in [1.82, 2.24) is 46.5 Å². The van der Waals surface area contributed by atoms with Gasteiger partial charge in [0.15, 0.2) is 23.7 Å². The van der Waals surface area contributed by atoms with Gasteiger partial charge in [-0.2, -0.15) is 0 Å². The van der Waals surface area contributed by atoms with Crippen LogP contribution in [-0.2, 0) is 49.3 Å². The highest BCUT2D eigenvalue weighted by atomic mass is 32.1. The number of aryl methyl sites for hydroxylation is 2. The number of halogens is 1. The molecule has 24 nitrogen and oxygen atoms in total. The molecule has 0 radical (unpaired) electrons. The SMILES string of the molecule is Cc1ncsc1-c1ccc([C@H](CC(=O)NCCOCCOCCOCCOCCNC(=O)COc2ccc3c(c2)[C@H](NC(=O)c2cc(-c4ccc(C(=O)N(C)C)c(O)c4)on2)CC3)NC(=O)[C@@H]2C[C@@H](O)CN2C(=O)[C@@H](NC(=O)C2(F)CC2)C(C)(C)C)cc1. The fourth-order valence-electron chi connectivity index (χ4n) is 10.1. The van der Waals surface area contributed by atoms with Crippen LogP contribution in [0.2, 0.25) is 0 Å². The van der Waals surface area contributed by atoms with E-state index in [1.807, 2.05) is 43.3 Å². The number of phenols is 1. The first-order valence-electron chi connectivity index (χ1n) is 29.3. The van der Waals surface area contributed by atoms with E-state index in [-0.39, 0.29) is 125 Å². The van der Waals surface area contributed by atoms with Gasteiger partial charge in [-0.3, -0.25) is 33.6 Å². The lowest BCUT2D eigenvalue weighted by atomic mass is 9.85. The minimum absolute atomic E-state index is 0.0435. The van der Waals surface area contributed by atoms with E-state index >= 15 is 0 Å². The molecule has 26 heteroatoms. The number of carbonyl (C=O) groups is 7. The molecule has 5 atom stereocenters. The molecule has 1 saturated heterocycles. The number of likely N-dealkylation sites (tertiary alicyclic amines) is 1. The fraction of sp³-hybridized carbons (Fsp3) is 0.500. The summed E-state index contributed by atoms with van der Waals surface area (Å²) in [5, 5.41) is 39.2. The summed E-state index contributed by atoms with van der Waals surface area (Å²) in [6, 6.07) is 15.3. The van der Waals surface area contributed by atoms with Crippen LogP contribution in [0.15, 0.2) is 76.8 Å². The van der Waals surface area contributed by atoms with E-state index in [1.165, 1.54) is 39.3 Å². The zero-order valence-electron chi connectivity index (χ0n) is 50.3. The molecule has 5 aromatic rings. The number of ether oxygens (including phenoxy) is 5. The summed E-state index contributed by atoms with van der Waals surface area (Å²) in [5.41, 5.74) is 3.80. The average Bonchev–Trinajstić information content (AvgIpc) is 2.53. The highest BCUT2D eigenvalue weighted by Gasteiger charge is 2.53. The summed E-state index contributed by atoms with van der Waals surface area (Å²) in [7, 11) is 3.16. The number of carbonyl (C=O) groups excluding carboxylic acids is 7. The number of hydrogen-bond donors (Lipinski definition) is 7. The Morgan fingerprint density at radius 2 is 1.49 bits per heavy atom. The number of benzene rings is 3. The third kappa shape index (κ3) is 17.9. The average molecular weight is 1240 g/mol. The van der Waals surface area contributed by atoms with Gasteiger partial charge in [0.2, 0.25) is 17.7 Å². The Kier molecular flexibility index (Phi) is 22.8. The second kappa shape index (κ2) is 30.4. The molecule has 2 aliphatic carbocycles. The van der Waals surface area contributed by atoms with Crippen molar-refractivity contribution >= 4 is 52.7 Å². The number of nitrogens with one attached hydrogen (secondary N) is 5. The van der Waals surface area contributed by atoms with Gasteiger partial charge in [0, 0.05) is 51.8 Å². The third-order valence-corrected chi connectivity index (χ3v) is 16.1. The minimum Gasteiger partial charge on any atom is -0.507 e. The third-order valence-electron chi connectivity index (χ3n) is 15.2. The topological polar surface area (TPSA) is 312 Å². The van der Waals surface area contributed by atoms with Crippen molar-refractivity contribution in [3.63, 3.8) is 0 Å². The number of nitrogens with zero attached hydrogens (tertiary/aromatic N) is 4. The van der Waals surface area contributed by atoms with Crippen LogP contribution in [-0.4, -0.2) is 189 Å². The van der Waals surface area contributed by atoms with Crippen LogP contribution in [0.1, 0.15) is 108 Å². The molecule has 2 aromatic heterocycles. The summed E-state index contributed by atoms with van der Waals surface area (Å²) in [6.07, 6.45) is 0.245. The molecule has 0 bridgehead atoms. The molecular formula is C62H78FN9O15S. The van der Waals surface area contributed by atoms with Crippen molar-refractivity contribution < 1.29 is 76.4 Å². The number of aromatic nitrogens is 2. The van der Waals surface area contributed by atoms with Crippen LogP contribution in [0, 0.1) is 12.3 Å². The number of hydrogen-bond acceptors (Lipinski definition) is 18. The maximum absolute atomic E-state index is 14.7. The van der Waals surface area contributed by atoms with E-state index in [2.05, 4.69) is 36.7 Å². The zero-order chi connectivity index (χ0) is 63.1. The van der Waals surface area contributed by atoms with Gasteiger partial charge < -0.3 is 74.8 Å². The molecule has 0 unspecified atom stereocenters. The van der Waals surface area contributed by atoms with Crippen molar-refractivity contribution in [2.75, 3.05) is 93.2 Å². The lowest BCUT2D eigenvalue weighted by Crippen LogP contribution is -2.59. The molecule has 3 aliphatic rings. The quantitative estimate of drug-likeness (QED) is 0.0300. The first-order chi connectivity index (χ1) is 42.1. The Morgan fingerprint density at radius 1 is 0.841 bits per heavy atom. The molecular weight excluding hydrogens is 1160 g/mol. The number of aliphatic hydroxyl groups is 1. The number of phenolic OH excluding ortho intramolecular Hbond substituents is 1. The number of alkyl halides is 1. The van der Waals surface area contributed by atoms with Crippen molar-refractivity contribution in [3.05, 3.63) is 106 Å². The van der Waals surface area contributed by atoms with E-state index < -0.39 is 58.9 Å². The van der Waals surface area contributed by atoms with Gasteiger partial charge in [0.25, 0.3) is 23.6 Å². The molecule has 7 amide bonds. The smallest absolute Gasteiger partial charge is 0.273 e. The lowest BCUT2D eigenvalue weighted by molar-refractivity contribution is -0.145. The minimum atomic E-state index is -2.02. The molecule has 2 fully saturated rings. The number of amides is 7. The van der Waals surface area contributed by atoms with Gasteiger partial charge in [0.1, 0.15) is 23.6 Å². The van der Waals surface area contributed by atoms with E-state index in [1.54, 1.807) is 52.5 Å². The number of fused-ring (bicyclic) bond motifs is 1. The number of aromatic hydroxyl groups is 1. The van der Waals surface area contributed by atoms with Gasteiger partial charge in [-0.05, 0) is 84.5 Å². The van der Waals surface area contributed by atoms with Crippen molar-refractivity contribution in [1.29, 1.82) is 0 Å². The Hall–Kier alpha value is -7.88. The normalized spacial score (nSPS) is 17.3. The largest absolute Gasteiger partial charge is 0.507 e. The Bertz CT molecular complexity index is 3260. The summed E-state index contributed by atoms with van der Waals surface area (Å²) < 4.78 is 48.3. The molecule has 474 valence electrons. The number of rotatable bonds is 31. The molecule has 3 heterocycles. The Morgan fingerprint density at radius 3 is 2.10 bits per heavy atom. The zero-order valence-corrected chi connectivity index (χ0v) is 51.1. The van der Waals surface area contributed by atoms with Gasteiger partial charge in [-0.15, -0.1) is 11.3 Å². The van der Waals surface area contributed by atoms with Crippen LogP contribution in [0.5, 0.6) is 11.5 Å². The van der Waals surface area contributed by atoms with Crippen LogP contribution in [0.4, 0.5) is 4.39 Å². The molecule has 88 heavy (non-hydrogen) atoms. The summed E-state index contributed by atoms with van der Waals surface area (Å²) in [5.74, 6) is -3.13. The number of aliphatic hydroxyl groups excluding tert-OH is 1. The van der Waals surface area contributed by atoms with Crippen LogP contribution in [0.3, 0.4) is 0 Å². The first kappa shape index (κ1) is 66.1.